The minimum absolute atomic E-state index is 0.324. The van der Waals surface area contributed by atoms with E-state index in [9.17, 15) is 0 Å². The Hall–Kier alpha value is -1.59. The highest BCUT2D eigenvalue weighted by Gasteiger charge is 2.16. The van der Waals surface area contributed by atoms with Crippen molar-refractivity contribution in [1.82, 2.24) is 9.80 Å². The van der Waals surface area contributed by atoms with E-state index in [4.69, 9.17) is 10.5 Å². The SMILES string of the molecule is CCN(CC)C(N)=NCc1cccc(CN2CCOC(C)C2)c1. The van der Waals surface area contributed by atoms with Gasteiger partial charge in [-0.1, -0.05) is 24.3 Å². The van der Waals surface area contributed by atoms with Crippen molar-refractivity contribution in [1.29, 1.82) is 0 Å². The van der Waals surface area contributed by atoms with E-state index in [1.54, 1.807) is 0 Å². The predicted molar refractivity (Wildman–Crippen MR) is 95.4 cm³/mol. The first kappa shape index (κ1) is 17.8. The largest absolute Gasteiger partial charge is 0.376 e. The van der Waals surface area contributed by atoms with E-state index < -0.39 is 0 Å². The van der Waals surface area contributed by atoms with Gasteiger partial charge >= 0.3 is 0 Å². The third-order valence-electron chi connectivity index (χ3n) is 4.23. The quantitative estimate of drug-likeness (QED) is 0.644. The van der Waals surface area contributed by atoms with E-state index in [0.717, 1.165) is 39.3 Å². The molecule has 0 amide bonds. The van der Waals surface area contributed by atoms with Crippen LogP contribution in [0.15, 0.2) is 29.3 Å². The predicted octanol–water partition coefficient (Wildman–Crippen LogP) is 2.06. The summed E-state index contributed by atoms with van der Waals surface area (Å²) < 4.78 is 5.60. The molecular weight excluding hydrogens is 288 g/mol. The van der Waals surface area contributed by atoms with Crippen molar-refractivity contribution in [2.45, 2.75) is 40.0 Å². The van der Waals surface area contributed by atoms with Gasteiger partial charge in [-0.2, -0.15) is 0 Å². The van der Waals surface area contributed by atoms with Gasteiger partial charge in [0.15, 0.2) is 5.96 Å². The normalized spacial score (nSPS) is 19.8. The molecule has 0 aromatic heterocycles. The smallest absolute Gasteiger partial charge is 0.191 e. The monoisotopic (exact) mass is 318 g/mol. The summed E-state index contributed by atoms with van der Waals surface area (Å²) in [7, 11) is 0. The maximum atomic E-state index is 6.04. The van der Waals surface area contributed by atoms with E-state index in [2.05, 4.69) is 59.8 Å². The van der Waals surface area contributed by atoms with E-state index >= 15 is 0 Å². The molecule has 0 saturated carbocycles. The molecule has 0 aliphatic carbocycles. The fraction of sp³-hybridized carbons (Fsp3) is 0.611. The molecule has 1 aromatic rings. The molecule has 1 saturated heterocycles. The highest BCUT2D eigenvalue weighted by molar-refractivity contribution is 5.78. The number of ether oxygens (including phenoxy) is 1. The molecule has 1 aromatic carbocycles. The summed E-state index contributed by atoms with van der Waals surface area (Å²) in [5.41, 5.74) is 8.58. The van der Waals surface area contributed by atoms with Gasteiger partial charge in [0, 0.05) is 32.7 Å². The summed E-state index contributed by atoms with van der Waals surface area (Å²) in [5.74, 6) is 0.627. The van der Waals surface area contributed by atoms with Gasteiger partial charge in [-0.05, 0) is 31.9 Å². The van der Waals surface area contributed by atoms with Gasteiger partial charge in [-0.15, -0.1) is 0 Å². The maximum absolute atomic E-state index is 6.04. The fourth-order valence-electron chi connectivity index (χ4n) is 2.94. The Balaban J connectivity index is 1.95. The zero-order valence-electron chi connectivity index (χ0n) is 14.7. The summed E-state index contributed by atoms with van der Waals surface area (Å²) in [4.78, 5) is 9.04. The van der Waals surface area contributed by atoms with Gasteiger partial charge in [-0.25, -0.2) is 4.99 Å². The van der Waals surface area contributed by atoms with Crippen molar-refractivity contribution in [2.24, 2.45) is 10.7 Å². The molecule has 0 spiro atoms. The molecule has 0 radical (unpaired) electrons. The first-order valence-corrected chi connectivity index (χ1v) is 8.59. The first-order valence-electron chi connectivity index (χ1n) is 8.59. The molecule has 1 aliphatic heterocycles. The lowest BCUT2D eigenvalue weighted by atomic mass is 10.1. The van der Waals surface area contributed by atoms with Crippen molar-refractivity contribution in [2.75, 3.05) is 32.8 Å². The summed E-state index contributed by atoms with van der Waals surface area (Å²) in [5, 5.41) is 0. The maximum Gasteiger partial charge on any atom is 0.191 e. The number of hydrogen-bond donors (Lipinski definition) is 1. The average Bonchev–Trinajstić information content (AvgIpc) is 2.54. The standard InChI is InChI=1S/C18H30N4O/c1-4-22(5-2)18(19)20-12-16-7-6-8-17(11-16)14-21-9-10-23-15(3)13-21/h6-8,11,15H,4-5,9-10,12-14H2,1-3H3,(H2,19,20). The zero-order chi connectivity index (χ0) is 16.7. The molecular formula is C18H30N4O. The van der Waals surface area contributed by atoms with Crippen molar-refractivity contribution in [3.05, 3.63) is 35.4 Å². The number of benzene rings is 1. The minimum atomic E-state index is 0.324. The number of nitrogens with two attached hydrogens (primary N) is 1. The Morgan fingerprint density at radius 2 is 2.09 bits per heavy atom. The second kappa shape index (κ2) is 8.89. The summed E-state index contributed by atoms with van der Waals surface area (Å²) >= 11 is 0. The van der Waals surface area contributed by atoms with Crippen LogP contribution in [0.25, 0.3) is 0 Å². The molecule has 2 rings (SSSR count). The lowest BCUT2D eigenvalue weighted by molar-refractivity contribution is -0.0212. The minimum Gasteiger partial charge on any atom is -0.376 e. The number of rotatable bonds is 6. The van der Waals surface area contributed by atoms with Gasteiger partial charge in [-0.3, -0.25) is 4.90 Å². The summed E-state index contributed by atoms with van der Waals surface area (Å²) in [6.45, 7) is 12.5. The third-order valence-corrected chi connectivity index (χ3v) is 4.23. The van der Waals surface area contributed by atoms with Crippen molar-refractivity contribution < 1.29 is 4.74 Å². The van der Waals surface area contributed by atoms with Crippen LogP contribution in [0.2, 0.25) is 0 Å². The number of guanidine groups is 1. The van der Waals surface area contributed by atoms with Crippen LogP contribution in [-0.2, 0) is 17.8 Å². The van der Waals surface area contributed by atoms with Gasteiger partial charge in [0.2, 0.25) is 0 Å². The van der Waals surface area contributed by atoms with Gasteiger partial charge in [0.1, 0.15) is 0 Å². The van der Waals surface area contributed by atoms with Crippen LogP contribution >= 0.6 is 0 Å². The molecule has 1 atom stereocenters. The molecule has 5 nitrogen and oxygen atoms in total. The van der Waals surface area contributed by atoms with Crippen LogP contribution in [-0.4, -0.2) is 54.6 Å². The van der Waals surface area contributed by atoms with E-state index in [0.29, 0.717) is 18.6 Å². The molecule has 1 unspecified atom stereocenters. The van der Waals surface area contributed by atoms with E-state index in [1.807, 2.05) is 0 Å². The molecule has 128 valence electrons. The number of hydrogen-bond acceptors (Lipinski definition) is 3. The Morgan fingerprint density at radius 1 is 1.35 bits per heavy atom. The summed E-state index contributed by atoms with van der Waals surface area (Å²) in [6.07, 6.45) is 0.324. The highest BCUT2D eigenvalue weighted by Crippen LogP contribution is 2.12. The van der Waals surface area contributed by atoms with Gasteiger partial charge < -0.3 is 15.4 Å². The Labute approximate surface area is 140 Å². The molecule has 2 N–H and O–H groups in total. The number of nitrogens with zero attached hydrogens (tertiary/aromatic N) is 3. The molecule has 23 heavy (non-hydrogen) atoms. The molecule has 0 bridgehead atoms. The lowest BCUT2D eigenvalue weighted by Gasteiger charge is -2.31. The Bertz CT molecular complexity index is 513. The lowest BCUT2D eigenvalue weighted by Crippen LogP contribution is -2.40. The van der Waals surface area contributed by atoms with E-state index in [1.165, 1.54) is 11.1 Å². The van der Waals surface area contributed by atoms with Crippen LogP contribution in [0, 0.1) is 0 Å². The zero-order valence-corrected chi connectivity index (χ0v) is 14.7. The second-order valence-electron chi connectivity index (χ2n) is 6.08. The van der Waals surface area contributed by atoms with E-state index in [-0.39, 0.29) is 0 Å². The van der Waals surface area contributed by atoms with Crippen molar-refractivity contribution >= 4 is 5.96 Å². The third kappa shape index (κ3) is 5.52. The average molecular weight is 318 g/mol. The molecule has 1 aliphatic rings. The number of morpholine rings is 1. The van der Waals surface area contributed by atoms with Gasteiger partial charge in [0.25, 0.3) is 0 Å². The van der Waals surface area contributed by atoms with Crippen molar-refractivity contribution in [3.8, 4) is 0 Å². The Morgan fingerprint density at radius 3 is 2.78 bits per heavy atom. The number of aliphatic imine (C=N–C) groups is 1. The topological polar surface area (TPSA) is 54.1 Å². The molecule has 5 heteroatoms. The van der Waals surface area contributed by atoms with Crippen LogP contribution in [0.4, 0.5) is 0 Å². The van der Waals surface area contributed by atoms with Gasteiger partial charge in [0.05, 0.1) is 19.3 Å². The van der Waals surface area contributed by atoms with Crippen LogP contribution in [0.5, 0.6) is 0 Å². The second-order valence-corrected chi connectivity index (χ2v) is 6.08. The highest BCUT2D eigenvalue weighted by atomic mass is 16.5. The summed E-state index contributed by atoms with van der Waals surface area (Å²) in [6, 6.07) is 8.64. The van der Waals surface area contributed by atoms with Crippen LogP contribution in [0.3, 0.4) is 0 Å². The molecule has 1 fully saturated rings. The Kier molecular flexibility index (Phi) is 6.86. The first-order chi connectivity index (χ1) is 11.1. The van der Waals surface area contributed by atoms with Crippen molar-refractivity contribution in [3.63, 3.8) is 0 Å². The molecule has 1 heterocycles. The fourth-order valence-corrected chi connectivity index (χ4v) is 2.94. The van der Waals surface area contributed by atoms with Crippen LogP contribution in [0.1, 0.15) is 31.9 Å². The van der Waals surface area contributed by atoms with Crippen LogP contribution < -0.4 is 5.73 Å².